The lowest BCUT2D eigenvalue weighted by atomic mass is 9.80. The number of ether oxygens (including phenoxy) is 2. The number of ketones is 1. The van der Waals surface area contributed by atoms with E-state index in [-0.39, 0.29) is 12.2 Å². The Kier molecular flexibility index (Phi) is 7.08. The Hall–Kier alpha value is -1.75. The van der Waals surface area contributed by atoms with Crippen LogP contribution in [0.5, 0.6) is 0 Å². The molecule has 11 nitrogen and oxygen atoms in total. The number of azide groups is 1. The van der Waals surface area contributed by atoms with E-state index >= 15 is 0 Å². The van der Waals surface area contributed by atoms with Crippen molar-refractivity contribution in [2.24, 2.45) is 11.0 Å². The van der Waals surface area contributed by atoms with E-state index in [1.807, 2.05) is 0 Å². The third-order valence-corrected chi connectivity index (χ3v) is 3.88. The van der Waals surface area contributed by atoms with Gasteiger partial charge in [0.25, 0.3) is 0 Å². The minimum absolute atomic E-state index is 0.214. The number of Topliss-reactive ketones (excluding diaryl/α,β-unsaturated/α-hetero) is 1. The van der Waals surface area contributed by atoms with Crippen molar-refractivity contribution in [3.63, 3.8) is 0 Å². The summed E-state index contributed by atoms with van der Waals surface area (Å²) in [6.07, 6.45) is -6.92. The molecule has 0 aromatic carbocycles. The monoisotopic (exact) mass is 347 g/mol. The Labute approximate surface area is 137 Å². The van der Waals surface area contributed by atoms with Gasteiger partial charge in [-0.05, 0) is 17.6 Å². The van der Waals surface area contributed by atoms with Crippen LogP contribution in [-0.2, 0) is 19.1 Å². The van der Waals surface area contributed by atoms with Gasteiger partial charge >= 0.3 is 5.97 Å². The maximum absolute atomic E-state index is 12.0. The average Bonchev–Trinajstić information content (AvgIpc) is 2.54. The van der Waals surface area contributed by atoms with Gasteiger partial charge in [-0.2, -0.15) is 0 Å². The first-order chi connectivity index (χ1) is 11.2. The first kappa shape index (κ1) is 20.3. The Morgan fingerprint density at radius 3 is 2.58 bits per heavy atom. The van der Waals surface area contributed by atoms with Crippen molar-refractivity contribution in [1.82, 2.24) is 0 Å². The van der Waals surface area contributed by atoms with Crippen LogP contribution in [-0.4, -0.2) is 76.0 Å². The summed E-state index contributed by atoms with van der Waals surface area (Å²) in [5, 5.41) is 42.4. The number of hydrogen-bond acceptors (Lipinski definition) is 9. The van der Waals surface area contributed by atoms with Crippen molar-refractivity contribution in [3.05, 3.63) is 10.4 Å². The SMILES string of the molecule is COC(=O)C1(N=[N+]=[N-])CC(O)C(CC(C)=O)C([C@@H](O)[C@H](O)CO)O1. The minimum Gasteiger partial charge on any atom is -0.467 e. The number of rotatable bonds is 7. The topological polar surface area (TPSA) is 182 Å². The fourth-order valence-corrected chi connectivity index (χ4v) is 2.72. The molecular weight excluding hydrogens is 326 g/mol. The average molecular weight is 347 g/mol. The Bertz CT molecular complexity index is 523. The van der Waals surface area contributed by atoms with Crippen molar-refractivity contribution >= 4 is 11.8 Å². The molecule has 24 heavy (non-hydrogen) atoms. The Morgan fingerprint density at radius 2 is 2.12 bits per heavy atom. The lowest BCUT2D eigenvalue weighted by Crippen LogP contribution is -2.60. The summed E-state index contributed by atoms with van der Waals surface area (Å²) in [7, 11) is 1.02. The zero-order chi connectivity index (χ0) is 18.5. The van der Waals surface area contributed by atoms with Gasteiger partial charge in [0.05, 0.1) is 25.9 Å². The van der Waals surface area contributed by atoms with Crippen LogP contribution < -0.4 is 0 Å². The second-order valence-corrected chi connectivity index (χ2v) is 5.63. The molecule has 0 spiro atoms. The summed E-state index contributed by atoms with van der Waals surface area (Å²) in [5.41, 5.74) is 6.44. The Balaban J connectivity index is 3.29. The second kappa shape index (κ2) is 8.38. The normalized spacial score (nSPS) is 32.3. The van der Waals surface area contributed by atoms with E-state index in [2.05, 4.69) is 14.8 Å². The highest BCUT2D eigenvalue weighted by Crippen LogP contribution is 2.38. The molecule has 4 unspecified atom stereocenters. The Morgan fingerprint density at radius 1 is 1.50 bits per heavy atom. The highest BCUT2D eigenvalue weighted by molar-refractivity contribution is 5.80. The summed E-state index contributed by atoms with van der Waals surface area (Å²) < 4.78 is 9.93. The van der Waals surface area contributed by atoms with Gasteiger partial charge in [0.15, 0.2) is 0 Å². The van der Waals surface area contributed by atoms with E-state index in [1.165, 1.54) is 6.92 Å². The number of nitrogens with zero attached hydrogens (tertiary/aromatic N) is 3. The summed E-state index contributed by atoms with van der Waals surface area (Å²) in [5.74, 6) is -2.41. The minimum atomic E-state index is -2.25. The summed E-state index contributed by atoms with van der Waals surface area (Å²) in [6.45, 7) is 0.435. The van der Waals surface area contributed by atoms with Crippen LogP contribution in [0.15, 0.2) is 5.11 Å². The van der Waals surface area contributed by atoms with Gasteiger partial charge in [0.2, 0.25) is 5.72 Å². The van der Waals surface area contributed by atoms with Crippen LogP contribution in [0.25, 0.3) is 10.4 Å². The molecule has 0 aromatic heterocycles. The van der Waals surface area contributed by atoms with Crippen molar-refractivity contribution in [2.45, 2.75) is 49.9 Å². The van der Waals surface area contributed by atoms with Gasteiger partial charge in [0, 0.05) is 23.7 Å². The van der Waals surface area contributed by atoms with E-state index in [4.69, 9.17) is 15.4 Å². The second-order valence-electron chi connectivity index (χ2n) is 5.63. The van der Waals surface area contributed by atoms with Crippen molar-refractivity contribution in [2.75, 3.05) is 13.7 Å². The molecule has 136 valence electrons. The number of carbonyl (C=O) groups is 2. The molecule has 0 bridgehead atoms. The van der Waals surface area contributed by atoms with Crippen molar-refractivity contribution in [3.8, 4) is 0 Å². The molecule has 11 heteroatoms. The molecule has 0 amide bonds. The molecule has 4 N–H and O–H groups in total. The summed E-state index contributed by atoms with van der Waals surface area (Å²) in [6, 6.07) is 0. The van der Waals surface area contributed by atoms with Gasteiger partial charge in [-0.1, -0.05) is 0 Å². The third-order valence-electron chi connectivity index (χ3n) is 3.88. The molecule has 0 radical (unpaired) electrons. The van der Waals surface area contributed by atoms with Crippen LogP contribution in [0, 0.1) is 5.92 Å². The zero-order valence-corrected chi connectivity index (χ0v) is 13.3. The van der Waals surface area contributed by atoms with Crippen LogP contribution >= 0.6 is 0 Å². The molecule has 6 atom stereocenters. The van der Waals surface area contributed by atoms with Gasteiger partial charge in [-0.25, -0.2) is 4.79 Å². The molecule has 0 aliphatic carbocycles. The molecule has 1 saturated heterocycles. The van der Waals surface area contributed by atoms with Gasteiger partial charge in [-0.15, -0.1) is 0 Å². The molecular formula is C13H21N3O8. The molecule has 1 heterocycles. The predicted octanol–water partition coefficient (Wildman–Crippen LogP) is -1.37. The summed E-state index contributed by atoms with van der Waals surface area (Å²) >= 11 is 0. The quantitative estimate of drug-likeness (QED) is 0.188. The van der Waals surface area contributed by atoms with E-state index < -0.39 is 55.1 Å². The van der Waals surface area contributed by atoms with E-state index in [9.17, 15) is 24.9 Å². The maximum atomic E-state index is 12.0. The van der Waals surface area contributed by atoms with E-state index in [0.717, 1.165) is 7.11 Å². The lowest BCUT2D eigenvalue weighted by molar-refractivity contribution is -0.239. The fourth-order valence-electron chi connectivity index (χ4n) is 2.72. The van der Waals surface area contributed by atoms with Crippen LogP contribution in [0.1, 0.15) is 19.8 Å². The predicted molar refractivity (Wildman–Crippen MR) is 77.3 cm³/mol. The molecule has 1 aliphatic rings. The molecule has 0 saturated carbocycles. The van der Waals surface area contributed by atoms with Crippen LogP contribution in [0.2, 0.25) is 0 Å². The van der Waals surface area contributed by atoms with Crippen LogP contribution in [0.4, 0.5) is 0 Å². The number of methoxy groups -OCH3 is 1. The number of hydrogen-bond donors (Lipinski definition) is 4. The highest BCUT2D eigenvalue weighted by Gasteiger charge is 2.54. The molecule has 1 rings (SSSR count). The van der Waals surface area contributed by atoms with Crippen molar-refractivity contribution in [1.29, 1.82) is 0 Å². The van der Waals surface area contributed by atoms with E-state index in [0.29, 0.717) is 0 Å². The molecule has 0 aromatic rings. The first-order valence-corrected chi connectivity index (χ1v) is 7.19. The first-order valence-electron chi connectivity index (χ1n) is 7.19. The smallest absolute Gasteiger partial charge is 0.344 e. The maximum Gasteiger partial charge on any atom is 0.344 e. The summed E-state index contributed by atoms with van der Waals surface area (Å²) in [4.78, 5) is 25.9. The van der Waals surface area contributed by atoms with Crippen LogP contribution in [0.3, 0.4) is 0 Å². The van der Waals surface area contributed by atoms with E-state index in [1.54, 1.807) is 0 Å². The molecule has 1 fully saturated rings. The number of carbonyl (C=O) groups excluding carboxylic acids is 2. The highest BCUT2D eigenvalue weighted by atomic mass is 16.6. The number of aliphatic hydroxyl groups excluding tert-OH is 4. The van der Waals surface area contributed by atoms with Gasteiger partial charge < -0.3 is 34.7 Å². The largest absolute Gasteiger partial charge is 0.467 e. The number of aliphatic hydroxyl groups is 4. The third kappa shape index (κ3) is 4.20. The standard InChI is InChI=1S/C13H21N3O8/c1-6(18)3-7-8(19)4-13(15-16-14,12(22)23-2)24-11(7)10(21)9(20)5-17/h7-11,17,19-21H,3-5H2,1-2H3/t7?,8?,9-,10+,11?,13?/m1/s1. The molecule has 1 aliphatic heterocycles. The lowest BCUT2D eigenvalue weighted by Gasteiger charge is -2.45. The van der Waals surface area contributed by atoms with Crippen molar-refractivity contribution < 1.29 is 39.5 Å². The number of esters is 1. The van der Waals surface area contributed by atoms with Gasteiger partial charge in [0.1, 0.15) is 18.0 Å². The van der Waals surface area contributed by atoms with Gasteiger partial charge in [-0.3, -0.25) is 0 Å². The fraction of sp³-hybridized carbons (Fsp3) is 0.846. The zero-order valence-electron chi connectivity index (χ0n) is 13.3.